The van der Waals surface area contributed by atoms with E-state index in [2.05, 4.69) is 39.0 Å². The molecule has 2 aliphatic rings. The Balaban J connectivity index is 1.21. The Kier molecular flexibility index (Phi) is 6.94. The van der Waals surface area contributed by atoms with E-state index in [4.69, 9.17) is 0 Å². The molecule has 2 heterocycles. The van der Waals surface area contributed by atoms with Gasteiger partial charge >= 0.3 is 0 Å². The third-order valence-electron chi connectivity index (χ3n) is 7.99. The topological polar surface area (TPSA) is 60.9 Å². The molecule has 196 valence electrons. The lowest BCUT2D eigenvalue weighted by molar-refractivity contribution is -0.0277. The molecule has 0 spiro atoms. The lowest BCUT2D eigenvalue weighted by atomic mass is 9.84. The van der Waals surface area contributed by atoms with Crippen molar-refractivity contribution in [2.45, 2.75) is 31.5 Å². The molecule has 2 amide bonds. The third-order valence-corrected chi connectivity index (χ3v) is 8.52. The number of halogens is 1. The number of nitrogens with zero attached hydrogens (tertiary/aromatic N) is 2. The number of hydrogen-bond donors (Lipinski definition) is 1. The molecule has 5 nitrogen and oxygen atoms in total. The number of rotatable bonds is 6. The van der Waals surface area contributed by atoms with Crippen LogP contribution in [0.5, 0.6) is 0 Å². The third kappa shape index (κ3) is 4.96. The molecule has 0 atom stereocenters. The van der Waals surface area contributed by atoms with E-state index in [0.29, 0.717) is 24.0 Å². The highest BCUT2D eigenvalue weighted by Crippen LogP contribution is 2.36. The average Bonchev–Trinajstić information content (AvgIpc) is 3.20. The summed E-state index contributed by atoms with van der Waals surface area (Å²) in [5.74, 6) is -0.490. The molecule has 0 saturated carbocycles. The summed E-state index contributed by atoms with van der Waals surface area (Å²) in [5.41, 5.74) is 5.32. The summed E-state index contributed by atoms with van der Waals surface area (Å²) in [6.45, 7) is 2.56. The van der Waals surface area contributed by atoms with Crippen molar-refractivity contribution in [1.29, 1.82) is 0 Å². The lowest BCUT2D eigenvalue weighted by Gasteiger charge is -2.39. The molecular formula is C33H29BrN2O3. The highest BCUT2D eigenvalue weighted by molar-refractivity contribution is 9.10. The van der Waals surface area contributed by atoms with E-state index in [1.165, 1.54) is 10.5 Å². The van der Waals surface area contributed by atoms with Crippen molar-refractivity contribution in [2.24, 2.45) is 0 Å². The Morgan fingerprint density at radius 1 is 0.641 bits per heavy atom. The second-order valence-corrected chi connectivity index (χ2v) is 11.3. The largest absolute Gasteiger partial charge is 0.385 e. The number of amides is 2. The van der Waals surface area contributed by atoms with Crippen LogP contribution in [-0.2, 0) is 18.7 Å². The molecule has 0 aliphatic carbocycles. The van der Waals surface area contributed by atoms with E-state index in [9.17, 15) is 14.7 Å². The van der Waals surface area contributed by atoms with Crippen molar-refractivity contribution in [3.05, 3.63) is 129 Å². The van der Waals surface area contributed by atoms with Crippen LogP contribution in [0.2, 0.25) is 0 Å². The summed E-state index contributed by atoms with van der Waals surface area (Å²) in [4.78, 5) is 29.8. The normalized spacial score (nSPS) is 16.9. The fraction of sp³-hybridized carbons (Fsp3) is 0.212. The Labute approximate surface area is 236 Å². The first-order chi connectivity index (χ1) is 18.9. The fourth-order valence-electron chi connectivity index (χ4n) is 5.77. The number of piperidine rings is 1. The molecule has 1 saturated heterocycles. The van der Waals surface area contributed by atoms with Gasteiger partial charge in [-0.2, -0.15) is 0 Å². The monoisotopic (exact) mass is 580 g/mol. The zero-order valence-electron chi connectivity index (χ0n) is 21.5. The van der Waals surface area contributed by atoms with E-state index in [1.807, 2.05) is 54.6 Å². The van der Waals surface area contributed by atoms with Crippen LogP contribution in [0.25, 0.3) is 11.1 Å². The Morgan fingerprint density at radius 2 is 1.10 bits per heavy atom. The van der Waals surface area contributed by atoms with E-state index >= 15 is 0 Å². The van der Waals surface area contributed by atoms with E-state index in [0.717, 1.165) is 46.4 Å². The molecular weight excluding hydrogens is 552 g/mol. The summed E-state index contributed by atoms with van der Waals surface area (Å²) in [6, 6.07) is 31.3. The first-order valence-corrected chi connectivity index (χ1v) is 14.0. The van der Waals surface area contributed by atoms with Crippen LogP contribution < -0.4 is 0 Å². The number of imide groups is 1. The Hall–Kier alpha value is -3.58. The minimum Gasteiger partial charge on any atom is -0.385 e. The van der Waals surface area contributed by atoms with Gasteiger partial charge in [-0.05, 0) is 64.9 Å². The van der Waals surface area contributed by atoms with Crippen LogP contribution in [0.1, 0.15) is 50.2 Å². The second kappa shape index (κ2) is 10.5. The second-order valence-electron chi connectivity index (χ2n) is 10.4. The summed E-state index contributed by atoms with van der Waals surface area (Å²) < 4.78 is 1.01. The number of benzene rings is 4. The maximum atomic E-state index is 13.0. The predicted octanol–water partition coefficient (Wildman–Crippen LogP) is 6.40. The first-order valence-electron chi connectivity index (χ1n) is 13.3. The quantitative estimate of drug-likeness (QED) is 0.268. The Bertz CT molecular complexity index is 1510. The van der Waals surface area contributed by atoms with Crippen LogP contribution >= 0.6 is 15.9 Å². The van der Waals surface area contributed by atoms with Crippen LogP contribution in [0.3, 0.4) is 0 Å². The zero-order valence-corrected chi connectivity index (χ0v) is 23.1. The maximum absolute atomic E-state index is 13.0. The molecule has 0 radical (unpaired) electrons. The molecule has 4 aromatic carbocycles. The summed E-state index contributed by atoms with van der Waals surface area (Å²) in [7, 11) is 0. The highest BCUT2D eigenvalue weighted by atomic mass is 79.9. The number of aliphatic hydroxyl groups is 1. The molecule has 4 aromatic rings. The lowest BCUT2D eigenvalue weighted by Crippen LogP contribution is -2.42. The van der Waals surface area contributed by atoms with Gasteiger partial charge < -0.3 is 5.11 Å². The zero-order chi connectivity index (χ0) is 27.0. The van der Waals surface area contributed by atoms with Gasteiger partial charge in [0.05, 0.1) is 23.3 Å². The number of carbonyl (C=O) groups excluding carboxylic acids is 2. The SMILES string of the molecule is O=C1c2ccccc2C(=O)N1Cc1ccccc1-c1ccccc1CN1CCC(O)(c2ccc(Br)cc2)CC1. The van der Waals surface area contributed by atoms with E-state index in [-0.39, 0.29) is 18.4 Å². The van der Waals surface area contributed by atoms with E-state index < -0.39 is 5.60 Å². The van der Waals surface area contributed by atoms with Crippen molar-refractivity contribution < 1.29 is 14.7 Å². The van der Waals surface area contributed by atoms with Crippen LogP contribution in [-0.4, -0.2) is 39.8 Å². The van der Waals surface area contributed by atoms with E-state index in [1.54, 1.807) is 24.3 Å². The fourth-order valence-corrected chi connectivity index (χ4v) is 6.03. The number of fused-ring (bicyclic) bond motifs is 1. The minimum atomic E-state index is -0.810. The summed E-state index contributed by atoms with van der Waals surface area (Å²) in [6.07, 6.45) is 1.35. The smallest absolute Gasteiger partial charge is 0.261 e. The first kappa shape index (κ1) is 25.7. The van der Waals surface area contributed by atoms with Gasteiger partial charge in [-0.3, -0.25) is 19.4 Å². The molecule has 1 fully saturated rings. The molecule has 0 bridgehead atoms. The minimum absolute atomic E-state index is 0.223. The maximum Gasteiger partial charge on any atom is 0.261 e. The molecule has 6 rings (SSSR count). The predicted molar refractivity (Wildman–Crippen MR) is 155 cm³/mol. The summed E-state index contributed by atoms with van der Waals surface area (Å²) >= 11 is 3.48. The standard InChI is InChI=1S/C33H29BrN2O3/c34-26-15-13-25(14-16-26)33(39)17-19-35(20-18-33)21-23-7-1-3-9-27(23)28-10-4-2-8-24(28)22-36-31(37)29-11-5-6-12-30(29)32(36)38/h1-16,39H,17-22H2. The van der Waals surface area contributed by atoms with Gasteiger partial charge in [0, 0.05) is 24.1 Å². The average molecular weight is 582 g/mol. The number of carbonyl (C=O) groups is 2. The van der Waals surface area contributed by atoms with Crippen molar-refractivity contribution in [1.82, 2.24) is 9.80 Å². The molecule has 39 heavy (non-hydrogen) atoms. The van der Waals surface area contributed by atoms with Crippen LogP contribution in [0, 0.1) is 0 Å². The molecule has 0 unspecified atom stereocenters. The van der Waals surface area contributed by atoms with Gasteiger partial charge in [0.15, 0.2) is 0 Å². The van der Waals surface area contributed by atoms with Gasteiger partial charge in [0.1, 0.15) is 0 Å². The van der Waals surface area contributed by atoms with Gasteiger partial charge in [0.2, 0.25) is 0 Å². The molecule has 6 heteroatoms. The molecule has 0 aromatic heterocycles. The van der Waals surface area contributed by atoms with Gasteiger partial charge in [0.25, 0.3) is 11.8 Å². The van der Waals surface area contributed by atoms with Crippen molar-refractivity contribution >= 4 is 27.7 Å². The number of hydrogen-bond acceptors (Lipinski definition) is 4. The molecule has 2 aliphatic heterocycles. The van der Waals surface area contributed by atoms with Crippen molar-refractivity contribution in [2.75, 3.05) is 13.1 Å². The van der Waals surface area contributed by atoms with Gasteiger partial charge in [-0.1, -0.05) is 88.7 Å². The molecule has 1 N–H and O–H groups in total. The highest BCUT2D eigenvalue weighted by Gasteiger charge is 2.36. The number of likely N-dealkylation sites (tertiary alicyclic amines) is 1. The summed E-state index contributed by atoms with van der Waals surface area (Å²) in [5, 5.41) is 11.3. The van der Waals surface area contributed by atoms with Gasteiger partial charge in [-0.25, -0.2) is 0 Å². The van der Waals surface area contributed by atoms with Crippen molar-refractivity contribution in [3.63, 3.8) is 0 Å². The van der Waals surface area contributed by atoms with Crippen molar-refractivity contribution in [3.8, 4) is 11.1 Å². The Morgan fingerprint density at radius 3 is 1.64 bits per heavy atom. The van der Waals surface area contributed by atoms with Gasteiger partial charge in [-0.15, -0.1) is 0 Å². The van der Waals surface area contributed by atoms with Crippen LogP contribution in [0.15, 0.2) is 102 Å². The van der Waals surface area contributed by atoms with Crippen LogP contribution in [0.4, 0.5) is 0 Å².